The van der Waals surface area contributed by atoms with E-state index in [9.17, 15) is 24.9 Å². The Hall–Kier alpha value is -3.06. The number of para-hydroxylation sites is 2. The molecule has 0 fully saturated rings. The first-order valence-electron chi connectivity index (χ1n) is 7.79. The van der Waals surface area contributed by atoms with Gasteiger partial charge in [0.05, 0.1) is 17.2 Å². The van der Waals surface area contributed by atoms with Gasteiger partial charge in [0, 0.05) is 13.1 Å². The van der Waals surface area contributed by atoms with E-state index in [0.717, 1.165) is 0 Å². The quantitative estimate of drug-likeness (QED) is 0.514. The number of aliphatic hydroxyl groups is 1. The summed E-state index contributed by atoms with van der Waals surface area (Å²) in [5.41, 5.74) is 0.285. The molecule has 2 aromatic rings. The van der Waals surface area contributed by atoms with Crippen LogP contribution in [0.5, 0.6) is 11.5 Å². The molecule has 2 rings (SSSR count). The number of amides is 2. The lowest BCUT2D eigenvalue weighted by Gasteiger charge is -2.13. The molecule has 1 atom stereocenters. The molecule has 25 heavy (non-hydrogen) atoms. The van der Waals surface area contributed by atoms with Crippen LogP contribution in [0.3, 0.4) is 0 Å². The van der Waals surface area contributed by atoms with Gasteiger partial charge in [0.2, 0.25) is 0 Å². The molecule has 0 bridgehead atoms. The van der Waals surface area contributed by atoms with Crippen LogP contribution in [0.15, 0.2) is 48.5 Å². The Morgan fingerprint density at radius 3 is 1.84 bits per heavy atom. The van der Waals surface area contributed by atoms with Crippen molar-refractivity contribution < 1.29 is 24.9 Å². The van der Waals surface area contributed by atoms with E-state index in [1.165, 1.54) is 24.3 Å². The molecule has 7 heteroatoms. The Labute approximate surface area is 144 Å². The van der Waals surface area contributed by atoms with Gasteiger partial charge >= 0.3 is 0 Å². The second-order valence-electron chi connectivity index (χ2n) is 5.44. The van der Waals surface area contributed by atoms with Crippen molar-refractivity contribution in [3.63, 3.8) is 0 Å². The first-order chi connectivity index (χ1) is 12.0. The molecule has 0 aromatic heterocycles. The SMILES string of the molecule is O=C(NCCC(O)CNC(=O)c1ccccc1O)c1ccccc1O. The molecule has 0 saturated carbocycles. The van der Waals surface area contributed by atoms with E-state index >= 15 is 0 Å². The lowest BCUT2D eigenvalue weighted by atomic mass is 10.1. The summed E-state index contributed by atoms with van der Waals surface area (Å²) in [5.74, 6) is -1.18. The summed E-state index contributed by atoms with van der Waals surface area (Å²) in [6, 6.07) is 12.3. The molecule has 0 aliphatic carbocycles. The molecule has 2 aromatic carbocycles. The normalized spacial score (nSPS) is 11.6. The van der Waals surface area contributed by atoms with Crippen molar-refractivity contribution in [2.24, 2.45) is 0 Å². The lowest BCUT2D eigenvalue weighted by molar-refractivity contribution is 0.0890. The summed E-state index contributed by atoms with van der Waals surface area (Å²) in [6.45, 7) is 0.167. The fraction of sp³-hybridized carbons (Fsp3) is 0.222. The zero-order valence-corrected chi connectivity index (χ0v) is 13.5. The monoisotopic (exact) mass is 344 g/mol. The van der Waals surface area contributed by atoms with Gasteiger partial charge in [-0.1, -0.05) is 24.3 Å². The smallest absolute Gasteiger partial charge is 0.255 e. The van der Waals surface area contributed by atoms with Crippen molar-refractivity contribution in [3.05, 3.63) is 59.7 Å². The maximum absolute atomic E-state index is 11.9. The average Bonchev–Trinajstić information content (AvgIpc) is 2.60. The second-order valence-corrected chi connectivity index (χ2v) is 5.44. The number of aliphatic hydroxyl groups excluding tert-OH is 1. The van der Waals surface area contributed by atoms with E-state index in [1.54, 1.807) is 24.3 Å². The molecular weight excluding hydrogens is 324 g/mol. The van der Waals surface area contributed by atoms with Gasteiger partial charge in [0.15, 0.2) is 0 Å². The molecule has 132 valence electrons. The van der Waals surface area contributed by atoms with Crippen molar-refractivity contribution in [2.45, 2.75) is 12.5 Å². The summed E-state index contributed by atoms with van der Waals surface area (Å²) in [4.78, 5) is 23.8. The number of hydrogen-bond donors (Lipinski definition) is 5. The Kier molecular flexibility index (Phi) is 6.36. The van der Waals surface area contributed by atoms with E-state index < -0.39 is 17.9 Å². The molecule has 0 saturated heterocycles. The fourth-order valence-corrected chi connectivity index (χ4v) is 2.19. The van der Waals surface area contributed by atoms with E-state index in [-0.39, 0.29) is 42.1 Å². The van der Waals surface area contributed by atoms with Crippen molar-refractivity contribution in [1.82, 2.24) is 10.6 Å². The molecule has 0 spiro atoms. The Morgan fingerprint density at radius 2 is 1.32 bits per heavy atom. The molecule has 0 heterocycles. The predicted molar refractivity (Wildman–Crippen MR) is 91.5 cm³/mol. The minimum Gasteiger partial charge on any atom is -0.507 e. The van der Waals surface area contributed by atoms with E-state index in [0.29, 0.717) is 0 Å². The maximum atomic E-state index is 11.9. The zero-order valence-electron chi connectivity index (χ0n) is 13.5. The highest BCUT2D eigenvalue weighted by molar-refractivity contribution is 5.97. The molecule has 1 unspecified atom stereocenters. The van der Waals surface area contributed by atoms with E-state index in [2.05, 4.69) is 10.6 Å². The Morgan fingerprint density at radius 1 is 0.840 bits per heavy atom. The van der Waals surface area contributed by atoms with E-state index in [1.807, 2.05) is 0 Å². The number of rotatable bonds is 7. The van der Waals surface area contributed by atoms with Crippen molar-refractivity contribution >= 4 is 11.8 Å². The minimum absolute atomic E-state index is 0.0143. The number of hydrogen-bond acceptors (Lipinski definition) is 5. The van der Waals surface area contributed by atoms with Crippen LogP contribution in [0, 0.1) is 0 Å². The fourth-order valence-electron chi connectivity index (χ4n) is 2.19. The number of aromatic hydroxyl groups is 2. The van der Waals surface area contributed by atoms with Crippen LogP contribution in [-0.2, 0) is 0 Å². The van der Waals surface area contributed by atoms with Gasteiger partial charge in [-0.15, -0.1) is 0 Å². The minimum atomic E-state index is -0.862. The standard InChI is InChI=1S/C18H20N2O5/c21-12(11-20-18(25)14-6-2-4-8-16(14)23)9-10-19-17(24)13-5-1-3-7-15(13)22/h1-8,12,21-23H,9-11H2,(H,19,24)(H,20,25). The molecule has 0 aliphatic heterocycles. The number of phenols is 2. The topological polar surface area (TPSA) is 119 Å². The first kappa shape index (κ1) is 18.3. The maximum Gasteiger partial charge on any atom is 0.255 e. The van der Waals surface area contributed by atoms with Crippen molar-refractivity contribution in [3.8, 4) is 11.5 Å². The molecule has 5 N–H and O–H groups in total. The molecule has 0 radical (unpaired) electrons. The third-order valence-corrected chi connectivity index (χ3v) is 3.56. The summed E-state index contributed by atoms with van der Waals surface area (Å²) in [6.07, 6.45) is -0.639. The summed E-state index contributed by atoms with van der Waals surface area (Å²) in [7, 11) is 0. The van der Waals surface area contributed by atoms with Gasteiger partial charge in [0.25, 0.3) is 11.8 Å². The van der Waals surface area contributed by atoms with Crippen LogP contribution in [0.25, 0.3) is 0 Å². The summed E-state index contributed by atoms with van der Waals surface area (Å²) in [5, 5.41) is 34.2. The number of nitrogens with one attached hydrogen (secondary N) is 2. The third-order valence-electron chi connectivity index (χ3n) is 3.56. The lowest BCUT2D eigenvalue weighted by Crippen LogP contribution is -2.35. The Balaban J connectivity index is 1.73. The molecular formula is C18H20N2O5. The zero-order chi connectivity index (χ0) is 18.2. The number of benzene rings is 2. The number of phenolic OH excluding ortho intramolecular Hbond substituents is 2. The first-order valence-corrected chi connectivity index (χ1v) is 7.79. The molecule has 2 amide bonds. The number of carbonyl (C=O) groups excluding carboxylic acids is 2. The summed E-state index contributed by atoms with van der Waals surface area (Å²) < 4.78 is 0. The van der Waals surface area contributed by atoms with Crippen molar-refractivity contribution in [2.75, 3.05) is 13.1 Å². The highest BCUT2D eigenvalue weighted by Gasteiger charge is 2.13. The van der Waals surface area contributed by atoms with Gasteiger partial charge in [-0.2, -0.15) is 0 Å². The third kappa shape index (κ3) is 5.22. The van der Waals surface area contributed by atoms with Crippen LogP contribution >= 0.6 is 0 Å². The van der Waals surface area contributed by atoms with Crippen LogP contribution in [0.4, 0.5) is 0 Å². The van der Waals surface area contributed by atoms with Gasteiger partial charge in [-0.25, -0.2) is 0 Å². The van der Waals surface area contributed by atoms with Gasteiger partial charge in [-0.05, 0) is 30.7 Å². The largest absolute Gasteiger partial charge is 0.507 e. The average molecular weight is 344 g/mol. The van der Waals surface area contributed by atoms with Gasteiger partial charge < -0.3 is 26.0 Å². The molecule has 7 nitrogen and oxygen atoms in total. The van der Waals surface area contributed by atoms with Gasteiger partial charge in [0.1, 0.15) is 11.5 Å². The van der Waals surface area contributed by atoms with Crippen LogP contribution in [0.2, 0.25) is 0 Å². The molecule has 0 aliphatic rings. The highest BCUT2D eigenvalue weighted by atomic mass is 16.3. The summed E-state index contributed by atoms with van der Waals surface area (Å²) >= 11 is 0. The highest BCUT2D eigenvalue weighted by Crippen LogP contribution is 2.15. The van der Waals surface area contributed by atoms with Gasteiger partial charge in [-0.3, -0.25) is 9.59 Å². The van der Waals surface area contributed by atoms with Crippen LogP contribution in [-0.4, -0.2) is 46.3 Å². The number of carbonyl (C=O) groups is 2. The van der Waals surface area contributed by atoms with Crippen LogP contribution in [0.1, 0.15) is 27.1 Å². The Bertz CT molecular complexity index is 748. The van der Waals surface area contributed by atoms with Crippen LogP contribution < -0.4 is 10.6 Å². The second kappa shape index (κ2) is 8.70. The van der Waals surface area contributed by atoms with Crippen molar-refractivity contribution in [1.29, 1.82) is 0 Å². The predicted octanol–water partition coefficient (Wildman–Crippen LogP) is 1.01. The van der Waals surface area contributed by atoms with E-state index in [4.69, 9.17) is 0 Å².